The van der Waals surface area contributed by atoms with Gasteiger partial charge in [0.2, 0.25) is 5.91 Å². The van der Waals surface area contributed by atoms with Gasteiger partial charge in [-0.2, -0.15) is 0 Å². The van der Waals surface area contributed by atoms with Crippen molar-refractivity contribution in [2.45, 2.75) is 26.4 Å². The quantitative estimate of drug-likeness (QED) is 0.609. The molecule has 0 bridgehead atoms. The smallest absolute Gasteiger partial charge is 0.291 e. The van der Waals surface area contributed by atoms with Crippen LogP contribution in [-0.2, 0) is 11.4 Å². The maximum atomic E-state index is 12.8. The summed E-state index contributed by atoms with van der Waals surface area (Å²) in [5.41, 5.74) is 2.82. The lowest BCUT2D eigenvalue weighted by molar-refractivity contribution is -0.117. The summed E-state index contributed by atoms with van der Waals surface area (Å²) >= 11 is 0. The Morgan fingerprint density at radius 2 is 1.86 bits per heavy atom. The van der Waals surface area contributed by atoms with Crippen LogP contribution in [0.1, 0.15) is 34.5 Å². The lowest BCUT2D eigenvalue weighted by Gasteiger charge is -2.12. The molecule has 1 aliphatic rings. The minimum absolute atomic E-state index is 0.0255. The number of hydrogen-bond donors (Lipinski definition) is 2. The standard InChI is InChI=1S/C23H22N2O4/c1-15-7-10-18(24-22(26)16-8-9-16)13-20(15)25-23(27)21-17(11-12-28-21)14-29-19-5-3-2-4-6-19/h2-7,10-13,16H,8-9,14H2,1H3,(H,24,26)(H,25,27). The molecule has 2 amide bonds. The summed E-state index contributed by atoms with van der Waals surface area (Å²) in [6, 6.07) is 16.6. The fourth-order valence-corrected chi connectivity index (χ4v) is 2.93. The average Bonchev–Trinajstić information content (AvgIpc) is 3.48. The van der Waals surface area contributed by atoms with Gasteiger partial charge in [-0.1, -0.05) is 24.3 Å². The highest BCUT2D eigenvalue weighted by Gasteiger charge is 2.29. The molecular formula is C23H22N2O4. The van der Waals surface area contributed by atoms with Gasteiger partial charge in [-0.05, 0) is 55.7 Å². The van der Waals surface area contributed by atoms with Crippen LogP contribution in [0.4, 0.5) is 11.4 Å². The fourth-order valence-electron chi connectivity index (χ4n) is 2.93. The number of rotatable bonds is 7. The van der Waals surface area contributed by atoms with Gasteiger partial charge in [-0.25, -0.2) is 0 Å². The van der Waals surface area contributed by atoms with Gasteiger partial charge in [0.15, 0.2) is 5.76 Å². The molecule has 1 heterocycles. The monoisotopic (exact) mass is 390 g/mol. The third-order valence-corrected chi connectivity index (χ3v) is 4.79. The molecule has 2 N–H and O–H groups in total. The number of hydrogen-bond acceptors (Lipinski definition) is 4. The van der Waals surface area contributed by atoms with E-state index in [9.17, 15) is 9.59 Å². The zero-order valence-electron chi connectivity index (χ0n) is 16.1. The molecule has 6 heteroatoms. The molecule has 0 radical (unpaired) electrons. The van der Waals surface area contributed by atoms with Crippen LogP contribution >= 0.6 is 0 Å². The Bertz CT molecular complexity index is 1020. The molecule has 1 aromatic heterocycles. The molecule has 4 rings (SSSR count). The van der Waals surface area contributed by atoms with E-state index in [1.807, 2.05) is 49.4 Å². The lowest BCUT2D eigenvalue weighted by Crippen LogP contribution is -2.16. The number of aryl methyl sites for hydroxylation is 1. The molecule has 0 atom stereocenters. The molecule has 29 heavy (non-hydrogen) atoms. The first-order valence-electron chi connectivity index (χ1n) is 9.57. The summed E-state index contributed by atoms with van der Waals surface area (Å²) in [7, 11) is 0. The van der Waals surface area contributed by atoms with Crippen molar-refractivity contribution in [2.75, 3.05) is 10.6 Å². The van der Waals surface area contributed by atoms with E-state index < -0.39 is 0 Å². The average molecular weight is 390 g/mol. The van der Waals surface area contributed by atoms with Crippen molar-refractivity contribution in [1.29, 1.82) is 0 Å². The normalized spacial score (nSPS) is 13.0. The summed E-state index contributed by atoms with van der Waals surface area (Å²) in [6.07, 6.45) is 3.35. The highest BCUT2D eigenvalue weighted by atomic mass is 16.5. The summed E-state index contributed by atoms with van der Waals surface area (Å²) in [5, 5.41) is 5.77. The molecule has 0 unspecified atom stereocenters. The first-order chi connectivity index (χ1) is 14.1. The zero-order chi connectivity index (χ0) is 20.2. The van der Waals surface area contributed by atoms with Crippen molar-refractivity contribution in [2.24, 2.45) is 5.92 Å². The first kappa shape index (κ1) is 18.8. The van der Waals surface area contributed by atoms with Crippen molar-refractivity contribution in [3.05, 3.63) is 77.7 Å². The van der Waals surface area contributed by atoms with Crippen molar-refractivity contribution in [1.82, 2.24) is 0 Å². The predicted molar refractivity (Wildman–Crippen MR) is 110 cm³/mol. The second-order valence-corrected chi connectivity index (χ2v) is 7.12. The Hall–Kier alpha value is -3.54. The Morgan fingerprint density at radius 3 is 2.62 bits per heavy atom. The van der Waals surface area contributed by atoms with Crippen molar-refractivity contribution in [3.63, 3.8) is 0 Å². The third kappa shape index (κ3) is 4.66. The number of amides is 2. The number of nitrogens with one attached hydrogen (secondary N) is 2. The molecule has 6 nitrogen and oxygen atoms in total. The maximum absolute atomic E-state index is 12.8. The van der Waals surface area contributed by atoms with Gasteiger partial charge in [0.05, 0.1) is 6.26 Å². The van der Waals surface area contributed by atoms with Crippen LogP contribution in [0.25, 0.3) is 0 Å². The Kier molecular flexibility index (Phi) is 5.33. The van der Waals surface area contributed by atoms with Crippen LogP contribution < -0.4 is 15.4 Å². The molecular weight excluding hydrogens is 368 g/mol. The van der Waals surface area contributed by atoms with Gasteiger partial charge in [-0.3, -0.25) is 9.59 Å². The van der Waals surface area contributed by atoms with E-state index in [4.69, 9.17) is 9.15 Å². The number of furan rings is 1. The number of carbonyl (C=O) groups excluding carboxylic acids is 2. The van der Waals surface area contributed by atoms with Gasteiger partial charge >= 0.3 is 0 Å². The van der Waals surface area contributed by atoms with E-state index in [1.54, 1.807) is 12.1 Å². The van der Waals surface area contributed by atoms with E-state index in [-0.39, 0.29) is 30.1 Å². The van der Waals surface area contributed by atoms with Crippen LogP contribution in [0.3, 0.4) is 0 Å². The largest absolute Gasteiger partial charge is 0.489 e. The summed E-state index contributed by atoms with van der Waals surface area (Å²) in [5.74, 6) is 0.695. The number of carbonyl (C=O) groups is 2. The van der Waals surface area contributed by atoms with Crippen LogP contribution in [0, 0.1) is 12.8 Å². The second kappa shape index (κ2) is 8.22. The SMILES string of the molecule is Cc1ccc(NC(=O)C2CC2)cc1NC(=O)c1occc1COc1ccccc1. The van der Waals surface area contributed by atoms with E-state index in [0.717, 1.165) is 24.2 Å². The molecule has 1 aliphatic carbocycles. The van der Waals surface area contributed by atoms with Gasteiger partial charge < -0.3 is 19.8 Å². The Labute approximate surface area is 168 Å². The zero-order valence-corrected chi connectivity index (χ0v) is 16.1. The summed E-state index contributed by atoms with van der Waals surface area (Å²) in [6.45, 7) is 2.11. The van der Waals surface area contributed by atoms with Crippen molar-refractivity contribution < 1.29 is 18.7 Å². The Balaban J connectivity index is 1.44. The van der Waals surface area contributed by atoms with Crippen LogP contribution in [0.2, 0.25) is 0 Å². The second-order valence-electron chi connectivity index (χ2n) is 7.12. The van der Waals surface area contributed by atoms with Crippen LogP contribution in [0.15, 0.2) is 65.3 Å². The molecule has 148 valence electrons. The van der Waals surface area contributed by atoms with Crippen LogP contribution in [0.5, 0.6) is 5.75 Å². The van der Waals surface area contributed by atoms with E-state index in [1.165, 1.54) is 6.26 Å². The summed E-state index contributed by atoms with van der Waals surface area (Å²) in [4.78, 5) is 24.7. The Morgan fingerprint density at radius 1 is 1.07 bits per heavy atom. The molecule has 2 aromatic carbocycles. The minimum Gasteiger partial charge on any atom is -0.489 e. The van der Waals surface area contributed by atoms with Gasteiger partial charge in [0.25, 0.3) is 5.91 Å². The van der Waals surface area contributed by atoms with Crippen LogP contribution in [-0.4, -0.2) is 11.8 Å². The predicted octanol–water partition coefficient (Wildman–Crippen LogP) is 4.77. The topological polar surface area (TPSA) is 80.6 Å². The van der Waals surface area contributed by atoms with E-state index in [2.05, 4.69) is 10.6 Å². The van der Waals surface area contributed by atoms with E-state index >= 15 is 0 Å². The number of benzene rings is 2. The molecule has 0 aliphatic heterocycles. The molecule has 0 spiro atoms. The fraction of sp³-hybridized carbons (Fsp3) is 0.217. The molecule has 3 aromatic rings. The van der Waals surface area contributed by atoms with Crippen molar-refractivity contribution >= 4 is 23.2 Å². The highest BCUT2D eigenvalue weighted by molar-refractivity contribution is 6.04. The van der Waals surface area contributed by atoms with E-state index in [0.29, 0.717) is 16.9 Å². The number of anilines is 2. The number of ether oxygens (including phenoxy) is 1. The summed E-state index contributed by atoms with van der Waals surface area (Å²) < 4.78 is 11.1. The lowest BCUT2D eigenvalue weighted by atomic mass is 10.1. The third-order valence-electron chi connectivity index (χ3n) is 4.79. The maximum Gasteiger partial charge on any atom is 0.291 e. The first-order valence-corrected chi connectivity index (χ1v) is 9.57. The van der Waals surface area contributed by atoms with Crippen molar-refractivity contribution in [3.8, 4) is 5.75 Å². The highest BCUT2D eigenvalue weighted by Crippen LogP contribution is 2.31. The molecule has 1 fully saturated rings. The van der Waals surface area contributed by atoms with Gasteiger partial charge in [-0.15, -0.1) is 0 Å². The molecule has 1 saturated carbocycles. The molecule has 0 saturated heterocycles. The van der Waals surface area contributed by atoms with Gasteiger partial charge in [0.1, 0.15) is 12.4 Å². The number of para-hydroxylation sites is 1. The van der Waals surface area contributed by atoms with Gasteiger partial charge in [0, 0.05) is 22.9 Å². The minimum atomic E-state index is -0.365.